The molecule has 1 spiro atoms. The van der Waals surface area contributed by atoms with Crippen LogP contribution in [0.25, 0.3) is 0 Å². The van der Waals surface area contributed by atoms with Crippen molar-refractivity contribution in [2.24, 2.45) is 28.6 Å². The van der Waals surface area contributed by atoms with Crippen LogP contribution in [0.3, 0.4) is 0 Å². The van der Waals surface area contributed by atoms with Crippen molar-refractivity contribution >= 4 is 0 Å². The van der Waals surface area contributed by atoms with Gasteiger partial charge in [0.1, 0.15) is 5.60 Å². The third-order valence-corrected chi connectivity index (χ3v) is 7.10. The minimum atomic E-state index is 0.319. The maximum Gasteiger partial charge on any atom is 0.101 e. The molecule has 4 aliphatic rings. The van der Waals surface area contributed by atoms with Gasteiger partial charge in [-0.3, -0.25) is 0 Å². The van der Waals surface area contributed by atoms with Crippen molar-refractivity contribution in [2.45, 2.75) is 65.1 Å². The Morgan fingerprint density at radius 1 is 1.19 bits per heavy atom. The SMILES string of the molecule is CC1CCCC23OC2CC2C(C2(C)C)C13C. The predicted octanol–water partition coefficient (Wildman–Crippen LogP) is 3.63. The molecule has 1 aliphatic heterocycles. The summed E-state index contributed by atoms with van der Waals surface area (Å²) in [6.07, 6.45) is 6.15. The summed E-state index contributed by atoms with van der Waals surface area (Å²) >= 11 is 0. The first kappa shape index (κ1) is 9.94. The van der Waals surface area contributed by atoms with E-state index in [1.165, 1.54) is 25.7 Å². The number of fused-ring (bicyclic) bond motifs is 2. The molecule has 0 aromatic carbocycles. The fourth-order valence-electron chi connectivity index (χ4n) is 5.98. The van der Waals surface area contributed by atoms with Crippen LogP contribution in [0.5, 0.6) is 0 Å². The Bertz CT molecular complexity index is 360. The quantitative estimate of drug-likeness (QED) is 0.568. The summed E-state index contributed by atoms with van der Waals surface area (Å²) in [5, 5.41) is 0. The van der Waals surface area contributed by atoms with Crippen LogP contribution in [-0.4, -0.2) is 11.7 Å². The van der Waals surface area contributed by atoms with Gasteiger partial charge in [0, 0.05) is 5.41 Å². The summed E-state index contributed by atoms with van der Waals surface area (Å²) in [5.41, 5.74) is 1.41. The van der Waals surface area contributed by atoms with Crippen LogP contribution in [-0.2, 0) is 4.74 Å². The van der Waals surface area contributed by atoms with E-state index in [-0.39, 0.29) is 0 Å². The molecule has 1 heterocycles. The van der Waals surface area contributed by atoms with Crippen molar-refractivity contribution < 1.29 is 4.74 Å². The van der Waals surface area contributed by atoms with Gasteiger partial charge in [-0.1, -0.05) is 34.1 Å². The zero-order chi connectivity index (χ0) is 11.3. The lowest BCUT2D eigenvalue weighted by atomic mass is 9.54. The molecule has 6 unspecified atom stereocenters. The Hall–Kier alpha value is -0.0400. The van der Waals surface area contributed by atoms with Crippen LogP contribution < -0.4 is 0 Å². The monoisotopic (exact) mass is 220 g/mol. The first-order chi connectivity index (χ1) is 7.44. The number of rotatable bonds is 0. The highest BCUT2D eigenvalue weighted by Crippen LogP contribution is 2.81. The lowest BCUT2D eigenvalue weighted by Crippen LogP contribution is -2.50. The lowest BCUT2D eigenvalue weighted by Gasteiger charge is -2.48. The minimum Gasteiger partial charge on any atom is -0.365 e. The molecule has 6 atom stereocenters. The third-order valence-electron chi connectivity index (χ3n) is 7.10. The molecule has 4 rings (SSSR count). The summed E-state index contributed by atoms with van der Waals surface area (Å²) in [7, 11) is 0. The molecule has 16 heavy (non-hydrogen) atoms. The Morgan fingerprint density at radius 2 is 1.94 bits per heavy atom. The van der Waals surface area contributed by atoms with E-state index in [2.05, 4.69) is 27.7 Å². The molecule has 0 amide bonds. The molecule has 1 saturated heterocycles. The molecular weight excluding hydrogens is 196 g/mol. The molecule has 1 heteroatoms. The van der Waals surface area contributed by atoms with Gasteiger partial charge in [0.2, 0.25) is 0 Å². The van der Waals surface area contributed by atoms with Crippen LogP contribution in [0, 0.1) is 28.6 Å². The highest BCUT2D eigenvalue weighted by Gasteiger charge is 2.83. The zero-order valence-electron chi connectivity index (χ0n) is 11.0. The van der Waals surface area contributed by atoms with E-state index in [9.17, 15) is 0 Å². The first-order valence-corrected chi connectivity index (χ1v) is 7.12. The van der Waals surface area contributed by atoms with E-state index in [1.807, 2.05) is 0 Å². The van der Waals surface area contributed by atoms with Gasteiger partial charge in [0.25, 0.3) is 0 Å². The van der Waals surface area contributed by atoms with Crippen molar-refractivity contribution in [3.8, 4) is 0 Å². The van der Waals surface area contributed by atoms with Gasteiger partial charge >= 0.3 is 0 Å². The molecule has 3 saturated carbocycles. The van der Waals surface area contributed by atoms with E-state index in [0.29, 0.717) is 22.5 Å². The average Bonchev–Trinajstić information content (AvgIpc) is 3.03. The van der Waals surface area contributed by atoms with Gasteiger partial charge in [-0.15, -0.1) is 0 Å². The van der Waals surface area contributed by atoms with Gasteiger partial charge < -0.3 is 4.74 Å². The van der Waals surface area contributed by atoms with Gasteiger partial charge in [0.05, 0.1) is 6.10 Å². The van der Waals surface area contributed by atoms with Crippen LogP contribution in [0.4, 0.5) is 0 Å². The highest BCUT2D eigenvalue weighted by molar-refractivity contribution is 5.30. The summed E-state index contributed by atoms with van der Waals surface area (Å²) in [4.78, 5) is 0. The summed E-state index contributed by atoms with van der Waals surface area (Å²) < 4.78 is 6.24. The van der Waals surface area contributed by atoms with Crippen molar-refractivity contribution in [2.75, 3.05) is 0 Å². The fraction of sp³-hybridized carbons (Fsp3) is 1.00. The first-order valence-electron chi connectivity index (χ1n) is 7.12. The largest absolute Gasteiger partial charge is 0.365 e. The van der Waals surface area contributed by atoms with Crippen LogP contribution in [0.2, 0.25) is 0 Å². The molecule has 90 valence electrons. The molecule has 3 aliphatic carbocycles. The van der Waals surface area contributed by atoms with E-state index < -0.39 is 0 Å². The lowest BCUT2D eigenvalue weighted by molar-refractivity contribution is -0.0173. The molecule has 0 N–H and O–H groups in total. The Labute approximate surface area is 98.9 Å². The highest BCUT2D eigenvalue weighted by atomic mass is 16.6. The van der Waals surface area contributed by atoms with E-state index in [0.717, 1.165) is 17.8 Å². The zero-order valence-corrected chi connectivity index (χ0v) is 11.0. The standard InChI is InChI=1S/C15H24O/c1-9-6-5-7-15-11(16-15)8-10-12(13(10,2)3)14(9,15)4/h9-12H,5-8H2,1-4H3. The van der Waals surface area contributed by atoms with E-state index in [1.54, 1.807) is 0 Å². The summed E-state index contributed by atoms with van der Waals surface area (Å²) in [5.74, 6) is 2.76. The molecule has 4 fully saturated rings. The van der Waals surface area contributed by atoms with Crippen molar-refractivity contribution in [3.05, 3.63) is 0 Å². The molecule has 0 radical (unpaired) electrons. The summed E-state index contributed by atoms with van der Waals surface area (Å²) in [6, 6.07) is 0. The Morgan fingerprint density at radius 3 is 2.69 bits per heavy atom. The second kappa shape index (κ2) is 2.39. The van der Waals surface area contributed by atoms with E-state index >= 15 is 0 Å². The Balaban J connectivity index is 1.81. The fourth-order valence-corrected chi connectivity index (χ4v) is 5.98. The van der Waals surface area contributed by atoms with Crippen molar-refractivity contribution in [3.63, 3.8) is 0 Å². The molecule has 0 aromatic heterocycles. The topological polar surface area (TPSA) is 12.5 Å². The third kappa shape index (κ3) is 0.776. The molecule has 1 nitrogen and oxygen atoms in total. The van der Waals surface area contributed by atoms with Gasteiger partial charge in [0.15, 0.2) is 0 Å². The maximum absolute atomic E-state index is 6.24. The number of ether oxygens (including phenoxy) is 1. The minimum absolute atomic E-state index is 0.319. The predicted molar refractivity (Wildman–Crippen MR) is 64.1 cm³/mol. The van der Waals surface area contributed by atoms with Crippen LogP contribution in [0.15, 0.2) is 0 Å². The second-order valence-electron chi connectivity index (χ2n) is 7.71. The summed E-state index contributed by atoms with van der Waals surface area (Å²) in [6.45, 7) is 10.0. The molecule has 0 bridgehead atoms. The second-order valence-corrected chi connectivity index (χ2v) is 7.71. The number of hydrogen-bond donors (Lipinski definition) is 0. The normalized spacial score (nSPS) is 65.2. The average molecular weight is 220 g/mol. The van der Waals surface area contributed by atoms with Crippen molar-refractivity contribution in [1.29, 1.82) is 0 Å². The van der Waals surface area contributed by atoms with Gasteiger partial charge in [-0.2, -0.15) is 0 Å². The smallest absolute Gasteiger partial charge is 0.101 e. The van der Waals surface area contributed by atoms with Crippen LogP contribution >= 0.6 is 0 Å². The molecule has 0 aromatic rings. The Kier molecular flexibility index (Phi) is 1.48. The number of hydrogen-bond acceptors (Lipinski definition) is 1. The van der Waals surface area contributed by atoms with Crippen LogP contribution in [0.1, 0.15) is 53.4 Å². The molecular formula is C15H24O. The van der Waals surface area contributed by atoms with Gasteiger partial charge in [-0.25, -0.2) is 0 Å². The number of epoxide rings is 1. The maximum atomic E-state index is 6.24. The van der Waals surface area contributed by atoms with Crippen molar-refractivity contribution in [1.82, 2.24) is 0 Å². The van der Waals surface area contributed by atoms with Gasteiger partial charge in [-0.05, 0) is 42.4 Å². The van der Waals surface area contributed by atoms with E-state index in [4.69, 9.17) is 4.74 Å².